The average molecular weight is 306 g/mol. The Morgan fingerprint density at radius 1 is 1.39 bits per heavy atom. The number of hydrogen-bond donors (Lipinski definition) is 1. The first kappa shape index (κ1) is 15.5. The van der Waals surface area contributed by atoms with E-state index in [9.17, 15) is 0 Å². The van der Waals surface area contributed by atoms with Crippen molar-refractivity contribution in [3.05, 3.63) is 28.2 Å². The van der Waals surface area contributed by atoms with Gasteiger partial charge in [-0.2, -0.15) is 0 Å². The van der Waals surface area contributed by atoms with E-state index in [2.05, 4.69) is 0 Å². The number of ether oxygens (including phenoxy) is 1. The molecule has 0 amide bonds. The molecule has 0 aliphatic carbocycles. The summed E-state index contributed by atoms with van der Waals surface area (Å²) >= 11 is 16.8. The van der Waals surface area contributed by atoms with Gasteiger partial charge in [-0.05, 0) is 31.0 Å². The normalized spacial score (nSPS) is 11.3. The van der Waals surface area contributed by atoms with Crippen molar-refractivity contribution in [1.29, 1.82) is 0 Å². The number of thiocarbonyl (C=S) groups is 1. The molecule has 1 aromatic rings. The summed E-state index contributed by atoms with van der Waals surface area (Å²) in [6.07, 6.45) is 1.75. The van der Waals surface area contributed by atoms with E-state index in [-0.39, 0.29) is 5.41 Å². The molecule has 0 aliphatic rings. The van der Waals surface area contributed by atoms with Crippen molar-refractivity contribution in [3.8, 4) is 5.75 Å². The van der Waals surface area contributed by atoms with Gasteiger partial charge < -0.3 is 10.5 Å². The van der Waals surface area contributed by atoms with Crippen LogP contribution in [0.3, 0.4) is 0 Å². The number of rotatable bonds is 6. The van der Waals surface area contributed by atoms with Crippen molar-refractivity contribution in [2.45, 2.75) is 26.7 Å². The molecule has 1 aromatic carbocycles. The largest absolute Gasteiger partial charge is 0.492 e. The van der Waals surface area contributed by atoms with E-state index in [0.29, 0.717) is 27.4 Å². The smallest absolute Gasteiger partial charge is 0.137 e. The van der Waals surface area contributed by atoms with Crippen LogP contribution in [0.2, 0.25) is 10.0 Å². The van der Waals surface area contributed by atoms with Crippen LogP contribution in [0, 0.1) is 5.41 Å². The molecule has 2 nitrogen and oxygen atoms in total. The van der Waals surface area contributed by atoms with Gasteiger partial charge in [-0.25, -0.2) is 0 Å². The molecule has 0 spiro atoms. The van der Waals surface area contributed by atoms with Crippen molar-refractivity contribution >= 4 is 40.4 Å². The lowest BCUT2D eigenvalue weighted by molar-refractivity contribution is 0.288. The SMILES string of the molecule is CC(C)(CCCOc1ccc(Cl)cc1Cl)C(N)=S. The maximum absolute atomic E-state index is 6.00. The van der Waals surface area contributed by atoms with Gasteiger partial charge in [0.25, 0.3) is 0 Å². The van der Waals surface area contributed by atoms with Gasteiger partial charge in [0.15, 0.2) is 0 Å². The fourth-order valence-corrected chi connectivity index (χ4v) is 1.98. The molecule has 0 saturated carbocycles. The number of nitrogens with two attached hydrogens (primary N) is 1. The Bertz CT molecular complexity index is 435. The van der Waals surface area contributed by atoms with E-state index >= 15 is 0 Å². The zero-order valence-electron chi connectivity index (χ0n) is 10.5. The zero-order chi connectivity index (χ0) is 13.8. The van der Waals surface area contributed by atoms with E-state index in [0.717, 1.165) is 12.8 Å². The summed E-state index contributed by atoms with van der Waals surface area (Å²) in [5.41, 5.74) is 5.52. The van der Waals surface area contributed by atoms with Crippen LogP contribution in [0.5, 0.6) is 5.75 Å². The lowest BCUT2D eigenvalue weighted by atomic mass is 9.88. The maximum atomic E-state index is 6.00. The Morgan fingerprint density at radius 3 is 2.61 bits per heavy atom. The molecule has 0 aromatic heterocycles. The van der Waals surface area contributed by atoms with Crippen LogP contribution in [0.1, 0.15) is 26.7 Å². The topological polar surface area (TPSA) is 35.2 Å². The van der Waals surface area contributed by atoms with Crippen LogP contribution >= 0.6 is 35.4 Å². The van der Waals surface area contributed by atoms with Gasteiger partial charge in [0, 0.05) is 10.4 Å². The fraction of sp³-hybridized carbons (Fsp3) is 0.462. The second-order valence-electron chi connectivity index (χ2n) is 4.77. The highest BCUT2D eigenvalue weighted by molar-refractivity contribution is 7.80. The Balaban J connectivity index is 2.41. The average Bonchev–Trinajstić information content (AvgIpc) is 2.26. The molecule has 18 heavy (non-hydrogen) atoms. The number of benzene rings is 1. The summed E-state index contributed by atoms with van der Waals surface area (Å²) in [5, 5.41) is 1.12. The maximum Gasteiger partial charge on any atom is 0.137 e. The van der Waals surface area contributed by atoms with Crippen LogP contribution < -0.4 is 10.5 Å². The molecule has 0 radical (unpaired) electrons. The standard InChI is InChI=1S/C13H17Cl2NOS/c1-13(2,12(16)18)6-3-7-17-11-5-4-9(14)8-10(11)15/h4-5,8H,3,6-7H2,1-2H3,(H2,16,18). The summed E-state index contributed by atoms with van der Waals surface area (Å²) in [7, 11) is 0. The van der Waals surface area contributed by atoms with Gasteiger partial charge in [-0.3, -0.25) is 0 Å². The first-order chi connectivity index (χ1) is 8.33. The first-order valence-corrected chi connectivity index (χ1v) is 6.87. The van der Waals surface area contributed by atoms with Crippen LogP contribution in [0.4, 0.5) is 0 Å². The van der Waals surface area contributed by atoms with Gasteiger partial charge in [0.1, 0.15) is 5.75 Å². The molecule has 100 valence electrons. The molecular weight excluding hydrogens is 289 g/mol. The zero-order valence-corrected chi connectivity index (χ0v) is 12.8. The van der Waals surface area contributed by atoms with E-state index in [1.807, 2.05) is 13.8 Å². The molecule has 0 fully saturated rings. The minimum Gasteiger partial charge on any atom is -0.492 e. The molecular formula is C13H17Cl2NOS. The Kier molecular flexibility index (Phi) is 5.70. The molecule has 1 rings (SSSR count). The second-order valence-corrected chi connectivity index (χ2v) is 6.06. The van der Waals surface area contributed by atoms with Gasteiger partial charge in [-0.15, -0.1) is 0 Å². The van der Waals surface area contributed by atoms with E-state index in [4.69, 9.17) is 45.9 Å². The van der Waals surface area contributed by atoms with Gasteiger partial charge in [0.2, 0.25) is 0 Å². The van der Waals surface area contributed by atoms with Gasteiger partial charge in [0.05, 0.1) is 16.6 Å². The second kappa shape index (κ2) is 6.60. The summed E-state index contributed by atoms with van der Waals surface area (Å²) in [5.74, 6) is 0.647. The third-order valence-electron chi connectivity index (χ3n) is 2.76. The lowest BCUT2D eigenvalue weighted by Crippen LogP contribution is -2.30. The summed E-state index contributed by atoms with van der Waals surface area (Å²) in [6, 6.07) is 5.18. The van der Waals surface area contributed by atoms with Crippen molar-refractivity contribution in [2.75, 3.05) is 6.61 Å². The predicted octanol–water partition coefficient (Wildman–Crippen LogP) is 4.46. The molecule has 0 heterocycles. The summed E-state index contributed by atoms with van der Waals surface area (Å²) < 4.78 is 5.59. The molecule has 0 bridgehead atoms. The molecule has 2 N–H and O–H groups in total. The van der Waals surface area contributed by atoms with E-state index < -0.39 is 0 Å². The third kappa shape index (κ3) is 4.63. The van der Waals surface area contributed by atoms with Crippen LogP contribution in [0.15, 0.2) is 18.2 Å². The van der Waals surface area contributed by atoms with Gasteiger partial charge >= 0.3 is 0 Å². The summed E-state index contributed by atoms with van der Waals surface area (Å²) in [4.78, 5) is 0.534. The van der Waals surface area contributed by atoms with Crippen LogP contribution in [-0.2, 0) is 0 Å². The van der Waals surface area contributed by atoms with E-state index in [1.165, 1.54) is 0 Å². The Labute approximate surface area is 123 Å². The Morgan fingerprint density at radius 2 is 2.06 bits per heavy atom. The lowest BCUT2D eigenvalue weighted by Gasteiger charge is -2.22. The van der Waals surface area contributed by atoms with Crippen molar-refractivity contribution in [2.24, 2.45) is 11.1 Å². The highest BCUT2D eigenvalue weighted by Gasteiger charge is 2.20. The van der Waals surface area contributed by atoms with Crippen molar-refractivity contribution in [3.63, 3.8) is 0 Å². The molecule has 5 heteroatoms. The minimum absolute atomic E-state index is 0.136. The Hall–Kier alpha value is -0.510. The molecule has 0 atom stereocenters. The van der Waals surface area contributed by atoms with Crippen molar-refractivity contribution < 1.29 is 4.74 Å². The highest BCUT2D eigenvalue weighted by atomic mass is 35.5. The molecule has 0 unspecified atom stereocenters. The minimum atomic E-state index is -0.136. The first-order valence-electron chi connectivity index (χ1n) is 5.71. The quantitative estimate of drug-likeness (QED) is 0.622. The summed E-state index contributed by atoms with van der Waals surface area (Å²) in [6.45, 7) is 4.64. The third-order valence-corrected chi connectivity index (χ3v) is 3.85. The number of halogens is 2. The molecule has 0 aliphatic heterocycles. The van der Waals surface area contributed by atoms with Crippen molar-refractivity contribution in [1.82, 2.24) is 0 Å². The van der Waals surface area contributed by atoms with Crippen LogP contribution in [0.25, 0.3) is 0 Å². The van der Waals surface area contributed by atoms with Gasteiger partial charge in [-0.1, -0.05) is 49.3 Å². The number of hydrogen-bond acceptors (Lipinski definition) is 2. The van der Waals surface area contributed by atoms with Crippen LogP contribution in [-0.4, -0.2) is 11.6 Å². The highest BCUT2D eigenvalue weighted by Crippen LogP contribution is 2.28. The monoisotopic (exact) mass is 305 g/mol. The predicted molar refractivity (Wildman–Crippen MR) is 81.8 cm³/mol. The molecule has 0 saturated heterocycles. The fourth-order valence-electron chi connectivity index (χ4n) is 1.41. The van der Waals surface area contributed by atoms with E-state index in [1.54, 1.807) is 18.2 Å².